The molecule has 0 unspecified atom stereocenters. The molecule has 0 atom stereocenters. The summed E-state index contributed by atoms with van der Waals surface area (Å²) in [6, 6.07) is 28.4. The number of nitro benzene ring substituents is 1. The Hall–Kier alpha value is -5.22. The van der Waals surface area contributed by atoms with E-state index in [1.54, 1.807) is 45.0 Å². The number of rotatable bonds is 5. The first-order chi connectivity index (χ1) is 18.6. The van der Waals surface area contributed by atoms with Gasteiger partial charge in [0, 0.05) is 23.3 Å². The maximum Gasteiger partial charge on any atom is 0.339 e. The SMILES string of the molecule is CC(C)(C)OC(=O)c1cc2ccccc2cc1-c1cc([N+](=O)[O-])ccc1Oc1ccc2cc(C#N)ccc2c1. The smallest absolute Gasteiger partial charge is 0.339 e. The fraction of sp³-hybridized carbons (Fsp3) is 0.125. The van der Waals surface area contributed by atoms with Crippen molar-refractivity contribution in [1.29, 1.82) is 5.26 Å². The molecule has 0 spiro atoms. The number of carbonyl (C=O) groups is 1. The van der Waals surface area contributed by atoms with Crippen LogP contribution in [-0.2, 0) is 4.74 Å². The van der Waals surface area contributed by atoms with Gasteiger partial charge in [0.2, 0.25) is 0 Å². The maximum atomic E-state index is 13.4. The molecule has 0 saturated heterocycles. The van der Waals surface area contributed by atoms with Crippen molar-refractivity contribution < 1.29 is 19.2 Å². The summed E-state index contributed by atoms with van der Waals surface area (Å²) in [7, 11) is 0. The molecule has 0 heterocycles. The summed E-state index contributed by atoms with van der Waals surface area (Å²) in [5, 5.41) is 24.3. The lowest BCUT2D eigenvalue weighted by Crippen LogP contribution is -2.24. The van der Waals surface area contributed by atoms with E-state index in [1.165, 1.54) is 18.2 Å². The predicted octanol–water partition coefficient (Wildman–Crippen LogP) is 8.19. The standard InChI is InChI=1S/C32H24N2O5/c1-32(2,3)39-31(35)29-17-22-7-5-4-6-21(22)16-27(29)28-18-25(34(36)37)11-13-30(28)38-26-12-10-23-14-20(19-33)8-9-24(23)15-26/h4-18H,1-3H3. The zero-order chi connectivity index (χ0) is 27.7. The highest BCUT2D eigenvalue weighted by Gasteiger charge is 2.24. The van der Waals surface area contributed by atoms with E-state index < -0.39 is 16.5 Å². The van der Waals surface area contributed by atoms with Crippen molar-refractivity contribution in [1.82, 2.24) is 0 Å². The quantitative estimate of drug-likeness (QED) is 0.133. The predicted molar refractivity (Wildman–Crippen MR) is 150 cm³/mol. The van der Waals surface area contributed by atoms with Gasteiger partial charge < -0.3 is 9.47 Å². The molecule has 7 heteroatoms. The summed E-state index contributed by atoms with van der Waals surface area (Å²) in [6.45, 7) is 5.35. The number of hydrogen-bond donors (Lipinski definition) is 0. The number of nitrogens with zero attached hydrogens (tertiary/aromatic N) is 2. The minimum absolute atomic E-state index is 0.136. The topological polar surface area (TPSA) is 102 Å². The van der Waals surface area contributed by atoms with Crippen molar-refractivity contribution in [2.24, 2.45) is 0 Å². The normalized spacial score (nSPS) is 11.2. The second kappa shape index (κ2) is 9.92. The van der Waals surface area contributed by atoms with Crippen LogP contribution in [0, 0.1) is 21.4 Å². The van der Waals surface area contributed by atoms with Gasteiger partial charge in [-0.1, -0.05) is 36.4 Å². The number of nitriles is 1. The van der Waals surface area contributed by atoms with Gasteiger partial charge in [-0.15, -0.1) is 0 Å². The molecule has 7 nitrogen and oxygen atoms in total. The lowest BCUT2D eigenvalue weighted by Gasteiger charge is -2.21. The summed E-state index contributed by atoms with van der Waals surface area (Å²) in [5.74, 6) is 0.301. The lowest BCUT2D eigenvalue weighted by atomic mass is 9.94. The summed E-state index contributed by atoms with van der Waals surface area (Å²) in [5.41, 5.74) is 0.801. The second-order valence-corrected chi connectivity index (χ2v) is 10.1. The van der Waals surface area contributed by atoms with Gasteiger partial charge in [-0.05, 0) is 84.8 Å². The van der Waals surface area contributed by atoms with Crippen LogP contribution in [0.5, 0.6) is 11.5 Å². The second-order valence-electron chi connectivity index (χ2n) is 10.1. The molecular weight excluding hydrogens is 492 g/mol. The zero-order valence-electron chi connectivity index (χ0n) is 21.6. The molecule has 0 aliphatic carbocycles. The molecule has 39 heavy (non-hydrogen) atoms. The number of nitro groups is 1. The third-order valence-electron chi connectivity index (χ3n) is 6.14. The molecule has 0 aliphatic heterocycles. The monoisotopic (exact) mass is 516 g/mol. The third-order valence-corrected chi connectivity index (χ3v) is 6.14. The first-order valence-corrected chi connectivity index (χ1v) is 12.3. The van der Waals surface area contributed by atoms with Crippen molar-refractivity contribution in [3.05, 3.63) is 112 Å². The van der Waals surface area contributed by atoms with E-state index in [1.807, 2.05) is 48.5 Å². The van der Waals surface area contributed by atoms with E-state index in [4.69, 9.17) is 9.47 Å². The Balaban J connectivity index is 1.68. The highest BCUT2D eigenvalue weighted by molar-refractivity contribution is 6.04. The van der Waals surface area contributed by atoms with Crippen molar-refractivity contribution in [2.75, 3.05) is 0 Å². The van der Waals surface area contributed by atoms with E-state index in [0.717, 1.165) is 21.5 Å². The molecule has 0 amide bonds. The molecule has 5 aromatic carbocycles. The van der Waals surface area contributed by atoms with Crippen molar-refractivity contribution in [2.45, 2.75) is 26.4 Å². The van der Waals surface area contributed by atoms with Crippen LogP contribution < -0.4 is 4.74 Å². The van der Waals surface area contributed by atoms with Crippen LogP contribution >= 0.6 is 0 Å². The minimum atomic E-state index is -0.738. The Morgan fingerprint density at radius 3 is 2.18 bits per heavy atom. The van der Waals surface area contributed by atoms with Crippen LogP contribution in [-0.4, -0.2) is 16.5 Å². The maximum absolute atomic E-state index is 13.4. The van der Waals surface area contributed by atoms with Gasteiger partial charge >= 0.3 is 5.97 Å². The Morgan fingerprint density at radius 1 is 0.821 bits per heavy atom. The molecule has 0 radical (unpaired) electrons. The molecule has 5 rings (SSSR count). The zero-order valence-corrected chi connectivity index (χ0v) is 21.6. The lowest BCUT2D eigenvalue weighted by molar-refractivity contribution is -0.384. The largest absolute Gasteiger partial charge is 0.457 e. The number of benzene rings is 5. The first-order valence-electron chi connectivity index (χ1n) is 12.3. The van der Waals surface area contributed by atoms with E-state index in [0.29, 0.717) is 28.2 Å². The summed E-state index contributed by atoms with van der Waals surface area (Å²) >= 11 is 0. The van der Waals surface area contributed by atoms with E-state index in [9.17, 15) is 20.2 Å². The number of esters is 1. The molecule has 0 fully saturated rings. The Bertz CT molecular complexity index is 1810. The van der Waals surface area contributed by atoms with Gasteiger partial charge in [-0.2, -0.15) is 5.26 Å². The van der Waals surface area contributed by atoms with E-state index in [2.05, 4.69) is 6.07 Å². The Kier molecular flexibility index (Phi) is 6.47. The van der Waals surface area contributed by atoms with Gasteiger partial charge in [-0.25, -0.2) is 4.79 Å². The van der Waals surface area contributed by atoms with Gasteiger partial charge in [0.25, 0.3) is 5.69 Å². The fourth-order valence-corrected chi connectivity index (χ4v) is 4.38. The van der Waals surface area contributed by atoms with Crippen LogP contribution in [0.1, 0.15) is 36.7 Å². The van der Waals surface area contributed by atoms with E-state index in [-0.39, 0.29) is 11.3 Å². The molecule has 0 N–H and O–H groups in total. The number of ether oxygens (including phenoxy) is 2. The highest BCUT2D eigenvalue weighted by Crippen LogP contribution is 2.40. The van der Waals surface area contributed by atoms with Crippen LogP contribution in [0.25, 0.3) is 32.7 Å². The molecule has 0 aliphatic rings. The molecule has 0 bridgehead atoms. The number of non-ortho nitro benzene ring substituents is 1. The van der Waals surface area contributed by atoms with Crippen molar-refractivity contribution >= 4 is 33.2 Å². The third kappa shape index (κ3) is 5.41. The summed E-state index contributed by atoms with van der Waals surface area (Å²) in [6.07, 6.45) is 0. The van der Waals surface area contributed by atoms with Gasteiger partial charge in [0.15, 0.2) is 0 Å². The number of fused-ring (bicyclic) bond motifs is 2. The summed E-state index contributed by atoms with van der Waals surface area (Å²) < 4.78 is 12.0. The molecule has 0 aromatic heterocycles. The molecule has 0 saturated carbocycles. The fourth-order valence-electron chi connectivity index (χ4n) is 4.38. The number of hydrogen-bond acceptors (Lipinski definition) is 6. The van der Waals surface area contributed by atoms with Crippen LogP contribution in [0.4, 0.5) is 5.69 Å². The van der Waals surface area contributed by atoms with Crippen LogP contribution in [0.2, 0.25) is 0 Å². The highest BCUT2D eigenvalue weighted by atomic mass is 16.6. The Morgan fingerprint density at radius 2 is 1.49 bits per heavy atom. The van der Waals surface area contributed by atoms with Gasteiger partial charge in [-0.3, -0.25) is 10.1 Å². The van der Waals surface area contributed by atoms with Gasteiger partial charge in [0.05, 0.1) is 22.1 Å². The molecule has 5 aromatic rings. The van der Waals surface area contributed by atoms with Gasteiger partial charge in [0.1, 0.15) is 17.1 Å². The molecular formula is C32H24N2O5. The first kappa shape index (κ1) is 25.4. The Labute approximate surface area is 225 Å². The number of carbonyl (C=O) groups excluding carboxylic acids is 1. The summed E-state index contributed by atoms with van der Waals surface area (Å²) in [4.78, 5) is 24.6. The van der Waals surface area contributed by atoms with Crippen LogP contribution in [0.15, 0.2) is 91.0 Å². The average Bonchev–Trinajstić information content (AvgIpc) is 2.91. The van der Waals surface area contributed by atoms with Crippen LogP contribution in [0.3, 0.4) is 0 Å². The minimum Gasteiger partial charge on any atom is -0.457 e. The average molecular weight is 517 g/mol. The molecule has 192 valence electrons. The van der Waals surface area contributed by atoms with Crippen molar-refractivity contribution in [3.8, 4) is 28.7 Å². The van der Waals surface area contributed by atoms with E-state index >= 15 is 0 Å². The van der Waals surface area contributed by atoms with Crippen molar-refractivity contribution in [3.63, 3.8) is 0 Å².